The van der Waals surface area contributed by atoms with Crippen molar-refractivity contribution in [3.63, 3.8) is 0 Å². The maximum atomic E-state index is 13.3. The molecule has 0 bridgehead atoms. The van der Waals surface area contributed by atoms with Crippen LogP contribution in [0.2, 0.25) is 5.02 Å². The Labute approximate surface area is 139 Å². The summed E-state index contributed by atoms with van der Waals surface area (Å²) in [6.07, 6.45) is 0.526. The largest absolute Gasteiger partial charge is 0.331 e. The summed E-state index contributed by atoms with van der Waals surface area (Å²) < 4.78 is 41.6. The fourth-order valence-corrected chi connectivity index (χ4v) is 4.64. The van der Waals surface area contributed by atoms with E-state index in [9.17, 15) is 12.8 Å². The lowest BCUT2D eigenvalue weighted by Crippen LogP contribution is -2.36. The standard InChI is InChI=1S/C15H15ClFN3O2S/c16-12-10-11(17)6-7-13(12)20-15-5-2-1-4-14(15)19(9-3-8-18)23(20,21)22/h1-2,4-7,10H,3,8-9,18H2. The van der Waals surface area contributed by atoms with E-state index in [0.717, 1.165) is 10.4 Å². The number of benzene rings is 2. The van der Waals surface area contributed by atoms with Crippen molar-refractivity contribution in [2.75, 3.05) is 21.7 Å². The zero-order valence-electron chi connectivity index (χ0n) is 12.1. The van der Waals surface area contributed by atoms with Gasteiger partial charge in [0.1, 0.15) is 5.82 Å². The van der Waals surface area contributed by atoms with Crippen molar-refractivity contribution in [1.82, 2.24) is 0 Å². The van der Waals surface area contributed by atoms with E-state index in [0.29, 0.717) is 24.3 Å². The molecule has 0 aromatic heterocycles. The van der Waals surface area contributed by atoms with E-state index in [-0.39, 0.29) is 17.3 Å². The minimum Gasteiger partial charge on any atom is -0.330 e. The summed E-state index contributed by atoms with van der Waals surface area (Å²) in [5.74, 6) is -0.524. The van der Waals surface area contributed by atoms with Crippen LogP contribution in [-0.2, 0) is 10.2 Å². The highest BCUT2D eigenvalue weighted by Crippen LogP contribution is 2.47. The number of rotatable bonds is 4. The molecule has 0 radical (unpaired) electrons. The van der Waals surface area contributed by atoms with Crippen molar-refractivity contribution in [2.24, 2.45) is 5.73 Å². The average molecular weight is 356 g/mol. The smallest absolute Gasteiger partial charge is 0.330 e. The third-order valence-electron chi connectivity index (χ3n) is 3.57. The van der Waals surface area contributed by atoms with Crippen molar-refractivity contribution in [3.8, 4) is 0 Å². The van der Waals surface area contributed by atoms with Gasteiger partial charge in [0.25, 0.3) is 0 Å². The SMILES string of the molecule is NCCCN1c2ccccc2N(c2ccc(F)cc2Cl)S1(=O)=O. The number of fused-ring (bicyclic) bond motifs is 1. The number of halogens is 2. The van der Waals surface area contributed by atoms with Gasteiger partial charge < -0.3 is 5.73 Å². The zero-order valence-corrected chi connectivity index (χ0v) is 13.7. The van der Waals surface area contributed by atoms with Crippen molar-refractivity contribution < 1.29 is 12.8 Å². The Balaban J connectivity index is 2.17. The maximum absolute atomic E-state index is 13.3. The van der Waals surface area contributed by atoms with Gasteiger partial charge >= 0.3 is 10.2 Å². The minimum absolute atomic E-state index is 0.0315. The summed E-state index contributed by atoms with van der Waals surface area (Å²) in [6, 6.07) is 10.6. The van der Waals surface area contributed by atoms with Crippen LogP contribution in [0.25, 0.3) is 0 Å². The van der Waals surface area contributed by atoms with Gasteiger partial charge in [-0.05, 0) is 43.3 Å². The fourth-order valence-electron chi connectivity index (χ4n) is 2.56. The number of nitrogens with zero attached hydrogens (tertiary/aromatic N) is 2. The lowest BCUT2D eigenvalue weighted by molar-refractivity contribution is 0.592. The topological polar surface area (TPSA) is 66.6 Å². The van der Waals surface area contributed by atoms with Crippen LogP contribution in [0.5, 0.6) is 0 Å². The Kier molecular flexibility index (Phi) is 4.18. The molecule has 3 rings (SSSR count). The first kappa shape index (κ1) is 16.0. The summed E-state index contributed by atoms with van der Waals surface area (Å²) in [5, 5.41) is 0.0315. The van der Waals surface area contributed by atoms with Gasteiger partial charge in [0.2, 0.25) is 0 Å². The predicted octanol–water partition coefficient (Wildman–Crippen LogP) is 3.03. The Bertz CT molecular complexity index is 844. The number of hydrogen-bond donors (Lipinski definition) is 1. The van der Waals surface area contributed by atoms with Gasteiger partial charge in [-0.15, -0.1) is 0 Å². The van der Waals surface area contributed by atoms with Gasteiger partial charge in [-0.2, -0.15) is 8.42 Å². The van der Waals surface area contributed by atoms with Gasteiger partial charge in [-0.3, -0.25) is 4.31 Å². The second kappa shape index (κ2) is 5.99. The number of anilines is 3. The van der Waals surface area contributed by atoms with Crippen LogP contribution in [0.1, 0.15) is 6.42 Å². The highest BCUT2D eigenvalue weighted by Gasteiger charge is 2.41. The molecule has 1 aliphatic rings. The molecule has 2 aromatic carbocycles. The summed E-state index contributed by atoms with van der Waals surface area (Å²) >= 11 is 6.07. The molecular weight excluding hydrogens is 341 g/mol. The number of hydrogen-bond acceptors (Lipinski definition) is 3. The first-order valence-electron chi connectivity index (χ1n) is 7.04. The molecule has 23 heavy (non-hydrogen) atoms. The van der Waals surface area contributed by atoms with E-state index >= 15 is 0 Å². The molecule has 0 fully saturated rings. The highest BCUT2D eigenvalue weighted by molar-refractivity contribution is 7.95. The van der Waals surface area contributed by atoms with E-state index in [1.807, 2.05) is 0 Å². The van der Waals surface area contributed by atoms with Gasteiger partial charge in [0.05, 0.1) is 22.1 Å². The minimum atomic E-state index is -3.84. The van der Waals surface area contributed by atoms with E-state index in [2.05, 4.69) is 0 Å². The third kappa shape index (κ3) is 2.65. The van der Waals surface area contributed by atoms with Crippen LogP contribution in [0.15, 0.2) is 42.5 Å². The molecule has 2 aromatic rings. The maximum Gasteiger partial charge on any atom is 0.331 e. The Morgan fingerprint density at radius 2 is 1.78 bits per heavy atom. The molecule has 1 heterocycles. The fraction of sp³-hybridized carbons (Fsp3) is 0.200. The van der Waals surface area contributed by atoms with Crippen molar-refractivity contribution in [3.05, 3.63) is 53.3 Å². The lowest BCUT2D eigenvalue weighted by Gasteiger charge is -2.22. The van der Waals surface area contributed by atoms with Gasteiger partial charge in [0.15, 0.2) is 0 Å². The van der Waals surface area contributed by atoms with Gasteiger partial charge in [-0.1, -0.05) is 23.7 Å². The van der Waals surface area contributed by atoms with Crippen molar-refractivity contribution >= 4 is 38.9 Å². The monoisotopic (exact) mass is 355 g/mol. The molecule has 0 unspecified atom stereocenters. The van der Waals surface area contributed by atoms with Crippen LogP contribution in [0.3, 0.4) is 0 Å². The van der Waals surface area contributed by atoms with E-state index < -0.39 is 16.0 Å². The van der Waals surface area contributed by atoms with E-state index in [1.54, 1.807) is 24.3 Å². The molecule has 0 atom stereocenters. The van der Waals surface area contributed by atoms with Crippen LogP contribution < -0.4 is 14.3 Å². The lowest BCUT2D eigenvalue weighted by atomic mass is 10.2. The Hall–Kier alpha value is -1.83. The second-order valence-corrected chi connectivity index (χ2v) is 7.18. The molecule has 1 aliphatic heterocycles. The number of nitrogens with two attached hydrogens (primary N) is 1. The predicted molar refractivity (Wildman–Crippen MR) is 89.9 cm³/mol. The van der Waals surface area contributed by atoms with Gasteiger partial charge in [-0.25, -0.2) is 8.70 Å². The molecule has 0 spiro atoms. The molecule has 5 nitrogen and oxygen atoms in total. The molecule has 0 amide bonds. The second-order valence-electron chi connectivity index (χ2n) is 5.07. The van der Waals surface area contributed by atoms with Crippen LogP contribution in [0, 0.1) is 5.82 Å². The van der Waals surface area contributed by atoms with Gasteiger partial charge in [0, 0.05) is 6.54 Å². The van der Waals surface area contributed by atoms with Crippen molar-refractivity contribution in [2.45, 2.75) is 6.42 Å². The Morgan fingerprint density at radius 3 is 2.43 bits per heavy atom. The van der Waals surface area contributed by atoms with E-state index in [1.165, 1.54) is 16.4 Å². The molecule has 0 saturated heterocycles. The summed E-state index contributed by atoms with van der Waals surface area (Å²) in [7, 11) is -3.84. The Morgan fingerprint density at radius 1 is 1.09 bits per heavy atom. The molecular formula is C15H15ClFN3O2S. The van der Waals surface area contributed by atoms with Crippen LogP contribution in [0.4, 0.5) is 21.5 Å². The van der Waals surface area contributed by atoms with Crippen LogP contribution >= 0.6 is 11.6 Å². The first-order valence-corrected chi connectivity index (χ1v) is 8.81. The normalized spacial score (nSPS) is 15.8. The average Bonchev–Trinajstić information content (AvgIpc) is 2.72. The summed E-state index contributed by atoms with van der Waals surface area (Å²) in [5.41, 5.74) is 6.76. The molecule has 0 aliphatic carbocycles. The van der Waals surface area contributed by atoms with Crippen LogP contribution in [-0.4, -0.2) is 21.5 Å². The van der Waals surface area contributed by atoms with Crippen molar-refractivity contribution in [1.29, 1.82) is 0 Å². The quantitative estimate of drug-likeness (QED) is 0.916. The highest BCUT2D eigenvalue weighted by atomic mass is 35.5. The summed E-state index contributed by atoms with van der Waals surface area (Å²) in [6.45, 7) is 0.649. The molecule has 2 N–H and O–H groups in total. The third-order valence-corrected chi connectivity index (χ3v) is 5.67. The summed E-state index contributed by atoms with van der Waals surface area (Å²) in [4.78, 5) is 0. The molecule has 0 saturated carbocycles. The molecule has 122 valence electrons. The molecule has 8 heteroatoms. The first-order chi connectivity index (χ1) is 11.0. The zero-order chi connectivity index (χ0) is 16.6. The van der Waals surface area contributed by atoms with E-state index in [4.69, 9.17) is 17.3 Å². The number of para-hydroxylation sites is 2.